The van der Waals surface area contributed by atoms with E-state index in [4.69, 9.17) is 4.74 Å². The first-order valence-electron chi connectivity index (χ1n) is 10.6. The topological polar surface area (TPSA) is 63.7 Å². The Balaban J connectivity index is 1.84. The van der Waals surface area contributed by atoms with Crippen molar-refractivity contribution in [3.63, 3.8) is 0 Å². The Morgan fingerprint density at radius 1 is 0.933 bits per heavy atom. The molecule has 0 radical (unpaired) electrons. The smallest absolute Gasteiger partial charge is 0.308 e. The molecule has 5 nitrogen and oxygen atoms in total. The van der Waals surface area contributed by atoms with Gasteiger partial charge in [0.25, 0.3) is 0 Å². The molecule has 1 aliphatic rings. The largest absolute Gasteiger partial charge is 0.466 e. The van der Waals surface area contributed by atoms with E-state index < -0.39 is 5.92 Å². The minimum Gasteiger partial charge on any atom is -0.466 e. The van der Waals surface area contributed by atoms with Crippen LogP contribution in [0.25, 0.3) is 11.1 Å². The number of ether oxygens (including phenoxy) is 1. The number of imide groups is 1. The normalized spacial score (nSPS) is 17.0. The van der Waals surface area contributed by atoms with Crippen molar-refractivity contribution in [2.45, 2.75) is 46.1 Å². The Hall–Kier alpha value is -2.95. The zero-order valence-corrected chi connectivity index (χ0v) is 17.8. The molecule has 2 aromatic rings. The van der Waals surface area contributed by atoms with Crippen LogP contribution in [0.15, 0.2) is 54.6 Å². The Morgan fingerprint density at radius 2 is 1.50 bits per heavy atom. The molecule has 1 heterocycles. The fourth-order valence-electron chi connectivity index (χ4n) is 4.00. The molecular weight excluding hydrogens is 378 g/mol. The Kier molecular flexibility index (Phi) is 7.03. The maximum atomic E-state index is 12.5. The SMILES string of the molecule is CCOC(=O)C(C)C(C)C(Cc1ccc(-c2ccccc2)cc1)N1C(=O)CCC1=O. The van der Waals surface area contributed by atoms with Gasteiger partial charge in [0.1, 0.15) is 0 Å². The van der Waals surface area contributed by atoms with E-state index in [0.29, 0.717) is 13.0 Å². The number of carbonyl (C=O) groups excluding carboxylic acids is 3. The van der Waals surface area contributed by atoms with Crippen LogP contribution in [-0.4, -0.2) is 35.3 Å². The van der Waals surface area contributed by atoms with Gasteiger partial charge in [-0.05, 0) is 36.0 Å². The minimum atomic E-state index is -0.417. The van der Waals surface area contributed by atoms with Gasteiger partial charge >= 0.3 is 5.97 Å². The second-order valence-electron chi connectivity index (χ2n) is 7.89. The lowest BCUT2D eigenvalue weighted by Gasteiger charge is -2.34. The van der Waals surface area contributed by atoms with Crippen molar-refractivity contribution in [2.75, 3.05) is 6.61 Å². The first-order valence-corrected chi connectivity index (χ1v) is 10.6. The highest BCUT2D eigenvalue weighted by Crippen LogP contribution is 2.29. The third-order valence-corrected chi connectivity index (χ3v) is 5.98. The van der Waals surface area contributed by atoms with Crippen molar-refractivity contribution >= 4 is 17.8 Å². The van der Waals surface area contributed by atoms with Gasteiger partial charge in [-0.25, -0.2) is 0 Å². The molecule has 3 unspecified atom stereocenters. The summed E-state index contributed by atoms with van der Waals surface area (Å²) in [6, 6.07) is 17.9. The van der Waals surface area contributed by atoms with E-state index in [1.165, 1.54) is 4.90 Å². The van der Waals surface area contributed by atoms with E-state index in [2.05, 4.69) is 24.3 Å². The Bertz CT molecular complexity index is 875. The maximum absolute atomic E-state index is 12.5. The lowest BCUT2D eigenvalue weighted by Crippen LogP contribution is -2.47. The van der Waals surface area contributed by atoms with Crippen molar-refractivity contribution in [3.8, 4) is 11.1 Å². The Labute approximate surface area is 178 Å². The number of hydrogen-bond donors (Lipinski definition) is 0. The zero-order chi connectivity index (χ0) is 21.7. The molecule has 0 aromatic heterocycles. The predicted octanol–water partition coefficient (Wildman–Crippen LogP) is 4.25. The summed E-state index contributed by atoms with van der Waals surface area (Å²) in [4.78, 5) is 38.6. The predicted molar refractivity (Wildman–Crippen MR) is 115 cm³/mol. The number of carbonyl (C=O) groups is 3. The number of hydrogen-bond acceptors (Lipinski definition) is 4. The summed E-state index contributed by atoms with van der Waals surface area (Å²) in [7, 11) is 0. The molecule has 3 atom stereocenters. The number of nitrogens with zero attached hydrogens (tertiary/aromatic N) is 1. The third-order valence-electron chi connectivity index (χ3n) is 5.98. The van der Waals surface area contributed by atoms with Crippen molar-refractivity contribution in [3.05, 3.63) is 60.2 Å². The van der Waals surface area contributed by atoms with Crippen molar-refractivity contribution in [1.29, 1.82) is 0 Å². The van der Waals surface area contributed by atoms with E-state index in [-0.39, 0.29) is 42.6 Å². The first kappa shape index (κ1) is 21.8. The molecule has 1 saturated heterocycles. The van der Waals surface area contributed by atoms with Crippen LogP contribution in [0, 0.1) is 11.8 Å². The second-order valence-corrected chi connectivity index (χ2v) is 7.89. The average molecular weight is 408 g/mol. The highest BCUT2D eigenvalue weighted by Gasteiger charge is 2.40. The number of benzene rings is 2. The van der Waals surface area contributed by atoms with Gasteiger partial charge < -0.3 is 4.74 Å². The van der Waals surface area contributed by atoms with Crippen LogP contribution in [0.4, 0.5) is 0 Å². The lowest BCUT2D eigenvalue weighted by atomic mass is 9.84. The number of amides is 2. The van der Waals surface area contributed by atoms with Crippen LogP contribution < -0.4 is 0 Å². The van der Waals surface area contributed by atoms with Crippen molar-refractivity contribution in [2.24, 2.45) is 11.8 Å². The standard InChI is InChI=1S/C25H29NO4/c1-4-30-25(29)18(3)17(2)22(26-23(27)14-15-24(26)28)16-19-10-12-21(13-11-19)20-8-6-5-7-9-20/h5-13,17-18,22H,4,14-16H2,1-3H3. The molecule has 0 bridgehead atoms. The van der Waals surface area contributed by atoms with Gasteiger partial charge in [0.05, 0.1) is 12.5 Å². The summed E-state index contributed by atoms with van der Waals surface area (Å²) < 4.78 is 5.18. The summed E-state index contributed by atoms with van der Waals surface area (Å²) in [5, 5.41) is 0. The van der Waals surface area contributed by atoms with Gasteiger partial charge in [-0.3, -0.25) is 19.3 Å². The molecule has 2 aromatic carbocycles. The zero-order valence-electron chi connectivity index (χ0n) is 17.8. The molecule has 0 saturated carbocycles. The molecule has 2 amide bonds. The molecule has 3 rings (SSSR count). The van der Waals surface area contributed by atoms with E-state index in [1.54, 1.807) is 13.8 Å². The van der Waals surface area contributed by atoms with Gasteiger partial charge in [0, 0.05) is 18.9 Å². The van der Waals surface area contributed by atoms with Crippen LogP contribution in [0.2, 0.25) is 0 Å². The van der Waals surface area contributed by atoms with Crippen molar-refractivity contribution < 1.29 is 19.1 Å². The van der Waals surface area contributed by atoms with Crippen LogP contribution >= 0.6 is 0 Å². The highest BCUT2D eigenvalue weighted by molar-refractivity contribution is 6.02. The monoisotopic (exact) mass is 407 g/mol. The van der Waals surface area contributed by atoms with Crippen molar-refractivity contribution in [1.82, 2.24) is 4.90 Å². The fourth-order valence-corrected chi connectivity index (χ4v) is 4.00. The van der Waals surface area contributed by atoms with E-state index in [1.807, 2.05) is 37.3 Å². The molecule has 0 spiro atoms. The molecule has 30 heavy (non-hydrogen) atoms. The van der Waals surface area contributed by atoms with E-state index in [9.17, 15) is 14.4 Å². The first-order chi connectivity index (χ1) is 14.4. The lowest BCUT2D eigenvalue weighted by molar-refractivity contribution is -0.153. The van der Waals surface area contributed by atoms with Gasteiger partial charge in [-0.15, -0.1) is 0 Å². The number of rotatable bonds is 8. The van der Waals surface area contributed by atoms with Crippen LogP contribution in [0.1, 0.15) is 39.2 Å². The third kappa shape index (κ3) is 4.78. The van der Waals surface area contributed by atoms with Crippen LogP contribution in [0.3, 0.4) is 0 Å². The summed E-state index contributed by atoms with van der Waals surface area (Å²) in [6.07, 6.45) is 0.989. The van der Waals surface area contributed by atoms with E-state index >= 15 is 0 Å². The summed E-state index contributed by atoms with van der Waals surface area (Å²) >= 11 is 0. The fraction of sp³-hybridized carbons (Fsp3) is 0.400. The highest BCUT2D eigenvalue weighted by atomic mass is 16.5. The van der Waals surface area contributed by atoms with Gasteiger partial charge in [0.15, 0.2) is 0 Å². The van der Waals surface area contributed by atoms with Gasteiger partial charge in [-0.2, -0.15) is 0 Å². The minimum absolute atomic E-state index is 0.159. The van der Waals surface area contributed by atoms with Gasteiger partial charge in [0.2, 0.25) is 11.8 Å². The van der Waals surface area contributed by atoms with E-state index in [0.717, 1.165) is 16.7 Å². The maximum Gasteiger partial charge on any atom is 0.308 e. The van der Waals surface area contributed by atoms with Crippen LogP contribution in [0.5, 0.6) is 0 Å². The molecule has 0 N–H and O–H groups in total. The van der Waals surface area contributed by atoms with Crippen LogP contribution in [-0.2, 0) is 25.5 Å². The molecule has 1 aliphatic heterocycles. The summed E-state index contributed by atoms with van der Waals surface area (Å²) in [6.45, 7) is 5.81. The Morgan fingerprint density at radius 3 is 2.07 bits per heavy atom. The average Bonchev–Trinajstić information content (AvgIpc) is 3.10. The molecular formula is C25H29NO4. The molecule has 1 fully saturated rings. The number of likely N-dealkylation sites (tertiary alicyclic amines) is 1. The quantitative estimate of drug-likeness (QED) is 0.485. The number of esters is 1. The summed E-state index contributed by atoms with van der Waals surface area (Å²) in [5.74, 6) is -1.25. The molecule has 0 aliphatic carbocycles. The molecule has 5 heteroatoms. The second kappa shape index (κ2) is 9.70. The summed E-state index contributed by atoms with van der Waals surface area (Å²) in [5.41, 5.74) is 3.27. The van der Waals surface area contributed by atoms with Gasteiger partial charge in [-0.1, -0.05) is 68.4 Å². The molecule has 158 valence electrons.